The third kappa shape index (κ3) is 6.45. The number of hydrogen-bond donors (Lipinski definition) is 2. The average molecular weight is 397 g/mol. The van der Waals surface area contributed by atoms with Gasteiger partial charge in [0.1, 0.15) is 11.6 Å². The van der Waals surface area contributed by atoms with E-state index in [4.69, 9.17) is 4.74 Å². The van der Waals surface area contributed by atoms with Crippen molar-refractivity contribution in [1.82, 2.24) is 5.32 Å². The van der Waals surface area contributed by atoms with E-state index in [-0.39, 0.29) is 12.2 Å². The van der Waals surface area contributed by atoms with Crippen molar-refractivity contribution < 1.29 is 24.2 Å². The van der Waals surface area contributed by atoms with Gasteiger partial charge in [0.15, 0.2) is 5.78 Å². The normalized spacial score (nSPS) is 12.2. The summed E-state index contributed by atoms with van der Waals surface area (Å²) in [7, 11) is 0. The van der Waals surface area contributed by atoms with E-state index >= 15 is 0 Å². The number of ether oxygens (including phenoxy) is 1. The van der Waals surface area contributed by atoms with Crippen molar-refractivity contribution in [3.63, 3.8) is 0 Å². The highest BCUT2D eigenvalue weighted by molar-refractivity contribution is 5.95. The van der Waals surface area contributed by atoms with E-state index in [9.17, 15) is 19.5 Å². The van der Waals surface area contributed by atoms with E-state index in [1.54, 1.807) is 26.8 Å². The summed E-state index contributed by atoms with van der Waals surface area (Å²) in [4.78, 5) is 34.9. The van der Waals surface area contributed by atoms with Crippen molar-refractivity contribution in [2.45, 2.75) is 52.7 Å². The van der Waals surface area contributed by atoms with E-state index in [2.05, 4.69) is 5.32 Å². The van der Waals surface area contributed by atoms with Crippen LogP contribution in [0.1, 0.15) is 49.2 Å². The van der Waals surface area contributed by atoms with Crippen molar-refractivity contribution in [2.75, 3.05) is 0 Å². The summed E-state index contributed by atoms with van der Waals surface area (Å²) in [6.07, 6.45) is -0.625. The fraction of sp³-hybridized carbons (Fsp3) is 0.348. The summed E-state index contributed by atoms with van der Waals surface area (Å²) >= 11 is 0. The lowest BCUT2D eigenvalue weighted by Gasteiger charge is -2.22. The predicted octanol–water partition coefficient (Wildman–Crippen LogP) is 4.39. The number of carboxylic acid groups (broad SMARTS) is 1. The van der Waals surface area contributed by atoms with Crippen LogP contribution in [0, 0.1) is 6.92 Å². The highest BCUT2D eigenvalue weighted by Crippen LogP contribution is 2.25. The van der Waals surface area contributed by atoms with Crippen LogP contribution in [-0.2, 0) is 16.0 Å². The van der Waals surface area contributed by atoms with Gasteiger partial charge in [-0.15, -0.1) is 0 Å². The van der Waals surface area contributed by atoms with Gasteiger partial charge in [-0.05, 0) is 62.9 Å². The van der Waals surface area contributed by atoms with Crippen LogP contribution in [0.4, 0.5) is 4.79 Å². The van der Waals surface area contributed by atoms with Gasteiger partial charge in [0, 0.05) is 12.0 Å². The van der Waals surface area contributed by atoms with Crippen LogP contribution in [0.25, 0.3) is 11.1 Å². The van der Waals surface area contributed by atoms with Crippen molar-refractivity contribution in [2.24, 2.45) is 0 Å². The molecule has 0 aliphatic heterocycles. The van der Waals surface area contributed by atoms with Crippen molar-refractivity contribution in [3.05, 3.63) is 59.2 Å². The minimum atomic E-state index is -1.13. The number of carbonyl (C=O) groups is 3. The summed E-state index contributed by atoms with van der Waals surface area (Å²) in [5.74, 6) is -1.11. The average Bonchev–Trinajstić information content (AvgIpc) is 2.60. The highest BCUT2D eigenvalue weighted by Gasteiger charge is 2.24. The quantitative estimate of drug-likeness (QED) is 0.706. The summed E-state index contributed by atoms with van der Waals surface area (Å²) in [5.41, 5.74) is 3.69. The molecule has 0 aliphatic carbocycles. The Labute approximate surface area is 170 Å². The SMILES string of the molecule is CC(=O)c1ccc(-c2ccc(C[C@H](NC(=O)OC(C)(C)C)C(=O)O)cc2)c(C)c1. The molecule has 1 atom stereocenters. The number of carboxylic acids is 1. The molecule has 2 aromatic rings. The number of aryl methyl sites for hydroxylation is 1. The standard InChI is InChI=1S/C23H27NO5/c1-14-12-18(15(2)25)10-11-19(14)17-8-6-16(7-9-17)13-20(21(26)27)24-22(28)29-23(3,4)5/h6-12,20H,13H2,1-5H3,(H,24,28)(H,26,27)/t20-/m0/s1. The minimum absolute atomic E-state index is 0.0206. The van der Waals surface area contributed by atoms with Crippen LogP contribution >= 0.6 is 0 Å². The lowest BCUT2D eigenvalue weighted by atomic mass is 9.95. The zero-order chi connectivity index (χ0) is 21.8. The monoisotopic (exact) mass is 397 g/mol. The molecule has 2 aromatic carbocycles. The Hall–Kier alpha value is -3.15. The number of alkyl carbamates (subject to hydrolysis) is 1. The number of hydrogen-bond acceptors (Lipinski definition) is 4. The number of nitrogens with one attached hydrogen (secondary N) is 1. The zero-order valence-electron chi connectivity index (χ0n) is 17.4. The summed E-state index contributed by atoms with van der Waals surface area (Å²) in [5, 5.41) is 11.8. The number of Topliss-reactive ketones (excluding diaryl/α,β-unsaturated/α-hetero) is 1. The van der Waals surface area contributed by atoms with Gasteiger partial charge >= 0.3 is 12.1 Å². The maximum absolute atomic E-state index is 11.9. The Bertz CT molecular complexity index is 910. The molecule has 0 spiro atoms. The van der Waals surface area contributed by atoms with Gasteiger partial charge < -0.3 is 15.2 Å². The molecule has 29 heavy (non-hydrogen) atoms. The molecule has 0 aliphatic rings. The zero-order valence-corrected chi connectivity index (χ0v) is 17.4. The molecule has 0 saturated carbocycles. The smallest absolute Gasteiger partial charge is 0.408 e. The molecule has 154 valence electrons. The highest BCUT2D eigenvalue weighted by atomic mass is 16.6. The lowest BCUT2D eigenvalue weighted by molar-refractivity contribution is -0.139. The molecule has 0 bridgehead atoms. The van der Waals surface area contributed by atoms with Crippen molar-refractivity contribution >= 4 is 17.8 Å². The number of benzene rings is 2. The molecule has 0 radical (unpaired) electrons. The number of amides is 1. The predicted molar refractivity (Wildman–Crippen MR) is 111 cm³/mol. The molecule has 2 N–H and O–H groups in total. The van der Waals surface area contributed by atoms with Gasteiger partial charge in [-0.2, -0.15) is 0 Å². The molecule has 6 nitrogen and oxygen atoms in total. The van der Waals surface area contributed by atoms with Crippen LogP contribution in [0.2, 0.25) is 0 Å². The van der Waals surface area contributed by atoms with Crippen molar-refractivity contribution in [3.8, 4) is 11.1 Å². The van der Waals surface area contributed by atoms with E-state index in [1.165, 1.54) is 6.92 Å². The van der Waals surface area contributed by atoms with E-state index in [0.717, 1.165) is 22.3 Å². The topological polar surface area (TPSA) is 92.7 Å². The van der Waals surface area contributed by atoms with Crippen LogP contribution in [0.3, 0.4) is 0 Å². The van der Waals surface area contributed by atoms with Crippen LogP contribution in [0.5, 0.6) is 0 Å². The van der Waals surface area contributed by atoms with Crippen LogP contribution in [-0.4, -0.2) is 34.6 Å². The Balaban J connectivity index is 2.13. The van der Waals surface area contributed by atoms with E-state index in [1.807, 2.05) is 43.3 Å². The summed E-state index contributed by atoms with van der Waals surface area (Å²) in [6.45, 7) is 8.62. The van der Waals surface area contributed by atoms with Gasteiger partial charge in [0.2, 0.25) is 0 Å². The molecule has 0 heterocycles. The number of rotatable bonds is 6. The van der Waals surface area contributed by atoms with Crippen LogP contribution < -0.4 is 5.32 Å². The van der Waals surface area contributed by atoms with Gasteiger partial charge in [-0.25, -0.2) is 9.59 Å². The van der Waals surface area contributed by atoms with E-state index in [0.29, 0.717) is 5.56 Å². The molecule has 0 aromatic heterocycles. The molecule has 6 heteroatoms. The second-order valence-electron chi connectivity index (χ2n) is 8.02. The molecule has 0 fully saturated rings. The second-order valence-corrected chi connectivity index (χ2v) is 8.02. The first kappa shape index (κ1) is 22.1. The minimum Gasteiger partial charge on any atom is -0.480 e. The second kappa shape index (κ2) is 8.90. The number of aliphatic carboxylic acids is 1. The molecule has 0 saturated heterocycles. The van der Waals surface area contributed by atoms with Crippen LogP contribution in [0.15, 0.2) is 42.5 Å². The largest absolute Gasteiger partial charge is 0.480 e. The maximum Gasteiger partial charge on any atom is 0.408 e. The first-order chi connectivity index (χ1) is 13.5. The third-order valence-corrected chi connectivity index (χ3v) is 4.33. The Morgan fingerprint density at radius 3 is 2.17 bits per heavy atom. The van der Waals surface area contributed by atoms with E-state index < -0.39 is 23.7 Å². The third-order valence-electron chi connectivity index (χ3n) is 4.33. The molecule has 2 rings (SSSR count). The fourth-order valence-electron chi connectivity index (χ4n) is 2.91. The number of ketones is 1. The molecule has 0 unspecified atom stereocenters. The molecular formula is C23H27NO5. The molecule has 1 amide bonds. The summed E-state index contributed by atoms with van der Waals surface area (Å²) < 4.78 is 5.14. The molecular weight excluding hydrogens is 370 g/mol. The summed E-state index contributed by atoms with van der Waals surface area (Å²) in [6, 6.07) is 11.9. The number of carbonyl (C=O) groups excluding carboxylic acids is 2. The van der Waals surface area contributed by atoms with Gasteiger partial charge in [0.05, 0.1) is 0 Å². The first-order valence-corrected chi connectivity index (χ1v) is 9.39. The Kier molecular flexibility index (Phi) is 6.80. The Morgan fingerprint density at radius 2 is 1.69 bits per heavy atom. The van der Waals surface area contributed by atoms with Gasteiger partial charge in [-0.3, -0.25) is 4.79 Å². The van der Waals surface area contributed by atoms with Gasteiger partial charge in [-0.1, -0.05) is 36.4 Å². The van der Waals surface area contributed by atoms with Gasteiger partial charge in [0.25, 0.3) is 0 Å². The van der Waals surface area contributed by atoms with Crippen molar-refractivity contribution in [1.29, 1.82) is 0 Å². The first-order valence-electron chi connectivity index (χ1n) is 9.39. The Morgan fingerprint density at radius 1 is 1.07 bits per heavy atom. The fourth-order valence-corrected chi connectivity index (χ4v) is 2.91. The lowest BCUT2D eigenvalue weighted by Crippen LogP contribution is -2.44. The maximum atomic E-state index is 11.9.